The van der Waals surface area contributed by atoms with Crippen molar-refractivity contribution >= 4 is 0 Å². The molecule has 0 spiro atoms. The van der Waals surface area contributed by atoms with Gasteiger partial charge >= 0.3 is 0 Å². The zero-order valence-corrected chi connectivity index (χ0v) is 14.5. The molecule has 0 heterocycles. The Kier molecular flexibility index (Phi) is 5.66. The highest BCUT2D eigenvalue weighted by molar-refractivity contribution is 5.66. The van der Waals surface area contributed by atoms with E-state index in [-0.39, 0.29) is 30.1 Å². The molecule has 0 bridgehead atoms. The van der Waals surface area contributed by atoms with Crippen LogP contribution in [0.5, 0.6) is 11.5 Å². The normalized spacial score (nSPS) is 10.7. The molecule has 6 heteroatoms. The maximum atomic E-state index is 14.2. The molecule has 0 atom stereocenters. The summed E-state index contributed by atoms with van der Waals surface area (Å²) in [5, 5.41) is 8.97. The van der Waals surface area contributed by atoms with Crippen LogP contribution < -0.4 is 9.47 Å². The number of rotatable bonds is 6. The van der Waals surface area contributed by atoms with Crippen LogP contribution in [-0.2, 0) is 13.2 Å². The molecule has 0 amide bonds. The third-order valence-electron chi connectivity index (χ3n) is 4.13. The van der Waals surface area contributed by atoms with E-state index in [0.717, 1.165) is 0 Å². The average Bonchev–Trinajstić information content (AvgIpc) is 2.69. The fourth-order valence-electron chi connectivity index (χ4n) is 2.62. The number of benzene rings is 3. The van der Waals surface area contributed by atoms with Crippen LogP contribution in [0.3, 0.4) is 0 Å². The second kappa shape index (κ2) is 8.14. The minimum Gasteiger partial charge on any atom is -0.494 e. The van der Waals surface area contributed by atoms with Crippen molar-refractivity contribution in [2.24, 2.45) is 0 Å². The molecule has 3 aromatic rings. The zero-order chi connectivity index (χ0) is 19.4. The van der Waals surface area contributed by atoms with Crippen LogP contribution in [-0.4, -0.2) is 12.2 Å². The van der Waals surface area contributed by atoms with Crippen LogP contribution in [0.1, 0.15) is 11.1 Å². The zero-order valence-electron chi connectivity index (χ0n) is 14.5. The largest absolute Gasteiger partial charge is 0.494 e. The molecule has 0 fully saturated rings. The van der Waals surface area contributed by atoms with Crippen molar-refractivity contribution in [1.29, 1.82) is 0 Å². The highest BCUT2D eigenvalue weighted by Crippen LogP contribution is 2.30. The lowest BCUT2D eigenvalue weighted by Gasteiger charge is -2.10. The van der Waals surface area contributed by atoms with Gasteiger partial charge in [-0.2, -0.15) is 4.39 Å². The minimum atomic E-state index is -1.04. The molecule has 0 aliphatic carbocycles. The molecule has 0 radical (unpaired) electrons. The van der Waals surface area contributed by atoms with Crippen molar-refractivity contribution < 1.29 is 27.8 Å². The molecule has 0 saturated carbocycles. The van der Waals surface area contributed by atoms with E-state index in [1.165, 1.54) is 31.4 Å². The van der Waals surface area contributed by atoms with Crippen LogP contribution in [0.2, 0.25) is 0 Å². The Labute approximate surface area is 154 Å². The van der Waals surface area contributed by atoms with Gasteiger partial charge in [-0.25, -0.2) is 8.78 Å². The van der Waals surface area contributed by atoms with Gasteiger partial charge in [-0.1, -0.05) is 24.3 Å². The van der Waals surface area contributed by atoms with Gasteiger partial charge in [0.05, 0.1) is 13.7 Å². The average molecular weight is 374 g/mol. The van der Waals surface area contributed by atoms with Gasteiger partial charge in [0.25, 0.3) is 0 Å². The molecule has 0 saturated heterocycles. The Morgan fingerprint density at radius 2 is 1.63 bits per heavy atom. The Balaban J connectivity index is 1.72. The lowest BCUT2D eigenvalue weighted by atomic mass is 10.0. The van der Waals surface area contributed by atoms with Crippen LogP contribution in [0.25, 0.3) is 11.1 Å². The van der Waals surface area contributed by atoms with E-state index < -0.39 is 17.5 Å². The molecule has 0 unspecified atom stereocenters. The lowest BCUT2D eigenvalue weighted by Crippen LogP contribution is -1.98. The summed E-state index contributed by atoms with van der Waals surface area (Å²) in [4.78, 5) is 0. The second-order valence-corrected chi connectivity index (χ2v) is 5.84. The van der Waals surface area contributed by atoms with Crippen molar-refractivity contribution in [2.75, 3.05) is 7.11 Å². The topological polar surface area (TPSA) is 38.7 Å². The molecule has 3 aromatic carbocycles. The highest BCUT2D eigenvalue weighted by Gasteiger charge is 2.15. The molecular weight excluding hydrogens is 357 g/mol. The Morgan fingerprint density at radius 1 is 0.889 bits per heavy atom. The van der Waals surface area contributed by atoms with E-state index in [2.05, 4.69) is 0 Å². The first kappa shape index (κ1) is 18.8. The summed E-state index contributed by atoms with van der Waals surface area (Å²) in [5.41, 5.74) is 1.43. The Bertz CT molecular complexity index is 940. The summed E-state index contributed by atoms with van der Waals surface area (Å²) in [5.74, 6) is -2.17. The summed E-state index contributed by atoms with van der Waals surface area (Å²) in [6.45, 7) is -0.232. The molecule has 0 aliphatic heterocycles. The number of hydrogen-bond acceptors (Lipinski definition) is 3. The molecule has 0 aliphatic rings. The van der Waals surface area contributed by atoms with E-state index in [1.807, 2.05) is 0 Å². The predicted octanol–water partition coefficient (Wildman–Crippen LogP) is 4.85. The smallest absolute Gasteiger partial charge is 0.201 e. The first-order valence-corrected chi connectivity index (χ1v) is 8.17. The third kappa shape index (κ3) is 4.06. The molecule has 140 valence electrons. The minimum absolute atomic E-state index is 0.113. The number of ether oxygens (including phenoxy) is 2. The number of hydrogen-bond donors (Lipinski definition) is 1. The van der Waals surface area contributed by atoms with E-state index in [1.54, 1.807) is 30.3 Å². The van der Waals surface area contributed by atoms with E-state index in [4.69, 9.17) is 14.6 Å². The van der Waals surface area contributed by atoms with Crippen molar-refractivity contribution in [3.8, 4) is 22.6 Å². The summed E-state index contributed by atoms with van der Waals surface area (Å²) in [6.07, 6.45) is 0. The molecule has 3 rings (SSSR count). The summed E-state index contributed by atoms with van der Waals surface area (Å²) >= 11 is 0. The standard InChI is InChI=1S/C21H17F3O3/c1-26-19-9-8-17(20(23)21(19)24)14-4-6-16(7-5-14)27-12-13-2-3-15(11-25)18(22)10-13/h2-10,25H,11-12H2,1H3. The summed E-state index contributed by atoms with van der Waals surface area (Å²) in [6, 6.07) is 13.7. The SMILES string of the molecule is COc1ccc(-c2ccc(OCc3ccc(CO)c(F)c3)cc2)c(F)c1F. The monoisotopic (exact) mass is 374 g/mol. The number of aliphatic hydroxyl groups is 1. The predicted molar refractivity (Wildman–Crippen MR) is 95.0 cm³/mol. The Hall–Kier alpha value is -2.99. The third-order valence-corrected chi connectivity index (χ3v) is 4.13. The second-order valence-electron chi connectivity index (χ2n) is 5.84. The van der Waals surface area contributed by atoms with Crippen LogP contribution >= 0.6 is 0 Å². The number of methoxy groups -OCH3 is 1. The van der Waals surface area contributed by atoms with Crippen LogP contribution in [0.15, 0.2) is 54.6 Å². The lowest BCUT2D eigenvalue weighted by molar-refractivity contribution is 0.275. The summed E-state index contributed by atoms with van der Waals surface area (Å²) < 4.78 is 52.0. The van der Waals surface area contributed by atoms with Crippen molar-refractivity contribution in [2.45, 2.75) is 13.2 Å². The quantitative estimate of drug-likeness (QED) is 0.670. The molecule has 27 heavy (non-hydrogen) atoms. The van der Waals surface area contributed by atoms with Gasteiger partial charge in [0.1, 0.15) is 18.2 Å². The first-order chi connectivity index (χ1) is 13.0. The fourth-order valence-corrected chi connectivity index (χ4v) is 2.62. The van der Waals surface area contributed by atoms with Gasteiger partial charge in [0.2, 0.25) is 5.82 Å². The molecule has 3 nitrogen and oxygen atoms in total. The van der Waals surface area contributed by atoms with Crippen molar-refractivity contribution in [3.05, 3.63) is 83.2 Å². The van der Waals surface area contributed by atoms with Gasteiger partial charge in [-0.3, -0.25) is 0 Å². The Morgan fingerprint density at radius 3 is 2.26 bits per heavy atom. The number of aliphatic hydroxyl groups excluding tert-OH is 1. The van der Waals surface area contributed by atoms with E-state index in [9.17, 15) is 13.2 Å². The number of halogens is 3. The molecule has 1 N–H and O–H groups in total. The highest BCUT2D eigenvalue weighted by atomic mass is 19.2. The maximum Gasteiger partial charge on any atom is 0.201 e. The molecule has 0 aromatic heterocycles. The first-order valence-electron chi connectivity index (χ1n) is 8.17. The van der Waals surface area contributed by atoms with Crippen LogP contribution in [0.4, 0.5) is 13.2 Å². The molecular formula is C21H17F3O3. The maximum absolute atomic E-state index is 14.2. The van der Waals surface area contributed by atoms with Crippen LogP contribution in [0, 0.1) is 17.5 Å². The van der Waals surface area contributed by atoms with E-state index >= 15 is 0 Å². The van der Waals surface area contributed by atoms with Gasteiger partial charge in [0, 0.05) is 11.1 Å². The van der Waals surface area contributed by atoms with Crippen molar-refractivity contribution in [1.82, 2.24) is 0 Å². The van der Waals surface area contributed by atoms with E-state index in [0.29, 0.717) is 16.9 Å². The van der Waals surface area contributed by atoms with Gasteiger partial charge in [0.15, 0.2) is 11.6 Å². The van der Waals surface area contributed by atoms with Gasteiger partial charge in [-0.05, 0) is 41.5 Å². The van der Waals surface area contributed by atoms with Gasteiger partial charge in [-0.15, -0.1) is 0 Å². The van der Waals surface area contributed by atoms with Crippen molar-refractivity contribution in [3.63, 3.8) is 0 Å². The fraction of sp³-hybridized carbons (Fsp3) is 0.143. The van der Waals surface area contributed by atoms with Gasteiger partial charge < -0.3 is 14.6 Å². The summed E-state index contributed by atoms with van der Waals surface area (Å²) in [7, 11) is 1.27.